The number of esters is 1. The number of halogens is 3. The Morgan fingerprint density at radius 2 is 1.82 bits per heavy atom. The average molecular weight is 309 g/mol. The first-order chi connectivity index (χ1) is 10.3. The third-order valence-corrected chi connectivity index (χ3v) is 3.03. The van der Waals surface area contributed by atoms with Crippen molar-refractivity contribution in [2.45, 2.75) is 25.9 Å². The predicted molar refractivity (Wildman–Crippen MR) is 74.7 cm³/mol. The third-order valence-electron chi connectivity index (χ3n) is 3.03. The number of hydrogen-bond acceptors (Lipinski definition) is 3. The number of ether oxygens (including phenoxy) is 1. The van der Waals surface area contributed by atoms with Gasteiger partial charge in [-0.1, -0.05) is 32.0 Å². The largest absolute Gasteiger partial charge is 0.433 e. The summed E-state index contributed by atoms with van der Waals surface area (Å²) in [6.07, 6.45) is -3.67. The van der Waals surface area contributed by atoms with Crippen LogP contribution in [-0.2, 0) is 6.18 Å². The summed E-state index contributed by atoms with van der Waals surface area (Å²) >= 11 is 0. The molecule has 2 aromatic rings. The maximum atomic E-state index is 12.4. The maximum Gasteiger partial charge on any atom is 0.433 e. The summed E-state index contributed by atoms with van der Waals surface area (Å²) in [4.78, 5) is 15.3. The van der Waals surface area contributed by atoms with Crippen molar-refractivity contribution in [3.05, 3.63) is 59.4 Å². The molecule has 0 atom stereocenters. The van der Waals surface area contributed by atoms with Gasteiger partial charge in [0.25, 0.3) is 0 Å². The fourth-order valence-electron chi connectivity index (χ4n) is 1.89. The van der Waals surface area contributed by atoms with Crippen LogP contribution < -0.4 is 4.74 Å². The van der Waals surface area contributed by atoms with Gasteiger partial charge in [-0.15, -0.1) is 0 Å². The van der Waals surface area contributed by atoms with Gasteiger partial charge in [-0.25, -0.2) is 4.79 Å². The fraction of sp³-hybridized carbons (Fsp3) is 0.250. The Balaban J connectivity index is 2.20. The van der Waals surface area contributed by atoms with E-state index in [2.05, 4.69) is 4.98 Å². The van der Waals surface area contributed by atoms with Crippen LogP contribution in [0.1, 0.15) is 41.4 Å². The highest BCUT2D eigenvalue weighted by Gasteiger charge is 2.32. The molecule has 0 aliphatic carbocycles. The van der Waals surface area contributed by atoms with Crippen molar-refractivity contribution in [1.29, 1.82) is 0 Å². The fourth-order valence-corrected chi connectivity index (χ4v) is 1.89. The number of benzene rings is 1. The predicted octanol–water partition coefficient (Wildman–Crippen LogP) is 4.44. The van der Waals surface area contributed by atoms with Crippen LogP contribution in [0.5, 0.6) is 5.75 Å². The van der Waals surface area contributed by atoms with Crippen LogP contribution in [0, 0.1) is 0 Å². The molecule has 0 bridgehead atoms. The van der Waals surface area contributed by atoms with Gasteiger partial charge in [-0.05, 0) is 29.7 Å². The van der Waals surface area contributed by atoms with E-state index in [1.165, 1.54) is 0 Å². The van der Waals surface area contributed by atoms with E-state index in [9.17, 15) is 18.0 Å². The Morgan fingerprint density at radius 3 is 2.36 bits per heavy atom. The lowest BCUT2D eigenvalue weighted by molar-refractivity contribution is -0.141. The van der Waals surface area contributed by atoms with Crippen molar-refractivity contribution in [3.63, 3.8) is 0 Å². The molecule has 2 rings (SSSR count). The van der Waals surface area contributed by atoms with Crippen LogP contribution >= 0.6 is 0 Å². The van der Waals surface area contributed by atoms with Crippen molar-refractivity contribution in [2.24, 2.45) is 0 Å². The zero-order valence-corrected chi connectivity index (χ0v) is 12.0. The number of para-hydroxylation sites is 1. The summed E-state index contributed by atoms with van der Waals surface area (Å²) in [5, 5.41) is 0. The number of hydrogen-bond donors (Lipinski definition) is 0. The molecule has 0 aliphatic rings. The zero-order valence-electron chi connectivity index (χ0n) is 12.0. The molecule has 0 spiro atoms. The lowest BCUT2D eigenvalue weighted by Crippen LogP contribution is -2.13. The van der Waals surface area contributed by atoms with Gasteiger partial charge in [0.15, 0.2) is 0 Å². The minimum atomic E-state index is -4.54. The number of rotatable bonds is 3. The van der Waals surface area contributed by atoms with E-state index in [0.717, 1.165) is 23.9 Å². The highest BCUT2D eigenvalue weighted by molar-refractivity contribution is 5.90. The van der Waals surface area contributed by atoms with Gasteiger partial charge >= 0.3 is 12.1 Å². The lowest BCUT2D eigenvalue weighted by atomic mass is 10.0. The molecule has 0 unspecified atom stereocenters. The highest BCUT2D eigenvalue weighted by atomic mass is 19.4. The van der Waals surface area contributed by atoms with E-state index in [0.29, 0.717) is 5.75 Å². The van der Waals surface area contributed by atoms with Gasteiger partial charge < -0.3 is 4.74 Å². The van der Waals surface area contributed by atoms with Gasteiger partial charge in [0.05, 0.1) is 5.56 Å². The summed E-state index contributed by atoms with van der Waals surface area (Å²) in [6, 6.07) is 8.83. The first-order valence-electron chi connectivity index (χ1n) is 6.63. The number of carbonyl (C=O) groups is 1. The Labute approximate surface area is 125 Å². The minimum absolute atomic E-state index is 0.0356. The highest BCUT2D eigenvalue weighted by Crippen LogP contribution is 2.28. The van der Waals surface area contributed by atoms with E-state index in [4.69, 9.17) is 4.74 Å². The number of aromatic nitrogens is 1. The van der Waals surface area contributed by atoms with E-state index in [1.54, 1.807) is 12.1 Å². The molecule has 0 amide bonds. The Bertz CT molecular complexity index is 664. The summed E-state index contributed by atoms with van der Waals surface area (Å²) in [5.41, 5.74) is -0.242. The van der Waals surface area contributed by atoms with Crippen molar-refractivity contribution in [3.8, 4) is 5.75 Å². The van der Waals surface area contributed by atoms with Crippen LogP contribution in [0.25, 0.3) is 0 Å². The van der Waals surface area contributed by atoms with Gasteiger partial charge in [0.1, 0.15) is 11.4 Å². The quantitative estimate of drug-likeness (QED) is 0.621. The zero-order chi connectivity index (χ0) is 16.3. The van der Waals surface area contributed by atoms with E-state index in [-0.39, 0.29) is 11.5 Å². The molecule has 0 aliphatic heterocycles. The van der Waals surface area contributed by atoms with Crippen molar-refractivity contribution >= 4 is 5.97 Å². The smallest absolute Gasteiger partial charge is 0.423 e. The molecular weight excluding hydrogens is 295 g/mol. The summed E-state index contributed by atoms with van der Waals surface area (Å²) in [6.45, 7) is 3.90. The normalized spacial score (nSPS) is 11.5. The van der Waals surface area contributed by atoms with Crippen LogP contribution in [0.15, 0.2) is 42.6 Å². The van der Waals surface area contributed by atoms with Gasteiger partial charge in [-0.2, -0.15) is 13.2 Å². The molecule has 22 heavy (non-hydrogen) atoms. The Kier molecular flexibility index (Phi) is 4.49. The molecule has 0 fully saturated rings. The Morgan fingerprint density at radius 1 is 1.14 bits per heavy atom. The lowest BCUT2D eigenvalue weighted by Gasteiger charge is -2.12. The summed E-state index contributed by atoms with van der Waals surface area (Å²) < 4.78 is 42.6. The molecule has 0 N–H and O–H groups in total. The van der Waals surface area contributed by atoms with Crippen LogP contribution in [0.3, 0.4) is 0 Å². The topological polar surface area (TPSA) is 39.2 Å². The summed E-state index contributed by atoms with van der Waals surface area (Å²) in [5.74, 6) is -0.202. The molecule has 1 aromatic heterocycles. The molecule has 1 aromatic carbocycles. The molecule has 1 heterocycles. The third kappa shape index (κ3) is 3.63. The van der Waals surface area contributed by atoms with Crippen molar-refractivity contribution in [1.82, 2.24) is 4.98 Å². The van der Waals surface area contributed by atoms with E-state index in [1.807, 2.05) is 26.0 Å². The number of nitrogens with zero attached hydrogens (tertiary/aromatic N) is 1. The second-order valence-corrected chi connectivity index (χ2v) is 5.01. The SMILES string of the molecule is CC(C)c1ccccc1OC(=O)c1ccc(C(F)(F)F)nc1. The van der Waals surface area contributed by atoms with E-state index < -0.39 is 17.8 Å². The number of carbonyl (C=O) groups excluding carboxylic acids is 1. The first kappa shape index (κ1) is 16.0. The summed E-state index contributed by atoms with van der Waals surface area (Å²) in [7, 11) is 0. The molecule has 116 valence electrons. The standard InChI is InChI=1S/C16H14F3NO2/c1-10(2)12-5-3-4-6-13(12)22-15(21)11-7-8-14(20-9-11)16(17,18)19/h3-10H,1-2H3. The molecule has 3 nitrogen and oxygen atoms in total. The number of pyridine rings is 1. The van der Waals surface area contributed by atoms with E-state index >= 15 is 0 Å². The molecule has 0 saturated heterocycles. The maximum absolute atomic E-state index is 12.4. The second-order valence-electron chi connectivity index (χ2n) is 5.01. The molecule has 6 heteroatoms. The molecular formula is C16H14F3NO2. The van der Waals surface area contributed by atoms with Crippen LogP contribution in [-0.4, -0.2) is 11.0 Å². The first-order valence-corrected chi connectivity index (χ1v) is 6.63. The molecule has 0 radical (unpaired) electrons. The Hall–Kier alpha value is -2.37. The van der Waals surface area contributed by atoms with Crippen LogP contribution in [0.4, 0.5) is 13.2 Å². The average Bonchev–Trinajstić information content (AvgIpc) is 2.46. The second kappa shape index (κ2) is 6.17. The van der Waals surface area contributed by atoms with Gasteiger partial charge in [0, 0.05) is 6.20 Å². The van der Waals surface area contributed by atoms with Gasteiger partial charge in [-0.3, -0.25) is 4.98 Å². The number of alkyl halides is 3. The minimum Gasteiger partial charge on any atom is -0.423 e. The van der Waals surface area contributed by atoms with Crippen LogP contribution in [0.2, 0.25) is 0 Å². The van der Waals surface area contributed by atoms with Crippen molar-refractivity contribution in [2.75, 3.05) is 0 Å². The molecule has 0 saturated carbocycles. The van der Waals surface area contributed by atoms with Gasteiger partial charge in [0.2, 0.25) is 0 Å². The van der Waals surface area contributed by atoms with Crippen molar-refractivity contribution < 1.29 is 22.7 Å². The monoisotopic (exact) mass is 309 g/mol.